The summed E-state index contributed by atoms with van der Waals surface area (Å²) in [6.07, 6.45) is 0. The second kappa shape index (κ2) is 9.37. The number of rotatable bonds is 5. The Labute approximate surface area is 218 Å². The topological polar surface area (TPSA) is 125 Å². The van der Waals surface area contributed by atoms with E-state index in [1.165, 1.54) is 14.2 Å². The number of cyclic esters (lactones) is 1. The van der Waals surface area contributed by atoms with Gasteiger partial charge in [0.25, 0.3) is 0 Å². The number of phenols is 1. The maximum Gasteiger partial charge on any atom is 0.319 e. The monoisotopic (exact) mass is 518 g/mol. The van der Waals surface area contributed by atoms with E-state index in [2.05, 4.69) is 10.6 Å². The summed E-state index contributed by atoms with van der Waals surface area (Å²) < 4.78 is 27.7. The van der Waals surface area contributed by atoms with Crippen LogP contribution in [0.1, 0.15) is 28.7 Å². The van der Waals surface area contributed by atoms with Crippen molar-refractivity contribution in [2.45, 2.75) is 12.0 Å². The van der Waals surface area contributed by atoms with Crippen LogP contribution in [-0.4, -0.2) is 44.7 Å². The smallest absolute Gasteiger partial charge is 0.319 e. The number of phenolic OH excluding ortho intramolecular Hbond substituents is 1. The van der Waals surface area contributed by atoms with Crippen molar-refractivity contribution in [2.75, 3.05) is 32.9 Å². The molecule has 2 amide bonds. The first-order valence-electron chi connectivity index (χ1n) is 12.2. The highest BCUT2D eigenvalue weighted by Gasteiger charge is 2.53. The van der Waals surface area contributed by atoms with Crippen molar-refractivity contribution in [3.8, 4) is 28.7 Å². The molecule has 2 aliphatic heterocycles. The Morgan fingerprint density at radius 1 is 0.947 bits per heavy atom. The van der Waals surface area contributed by atoms with Gasteiger partial charge in [-0.05, 0) is 53.1 Å². The summed E-state index contributed by atoms with van der Waals surface area (Å²) in [6, 6.07) is 15.2. The number of amides is 2. The Kier molecular flexibility index (Phi) is 5.86. The number of carbonyl (C=O) groups is 2. The van der Waals surface area contributed by atoms with E-state index in [9.17, 15) is 14.7 Å². The van der Waals surface area contributed by atoms with Crippen molar-refractivity contribution in [3.63, 3.8) is 0 Å². The van der Waals surface area contributed by atoms with Crippen LogP contribution < -0.4 is 29.6 Å². The molecule has 3 aromatic rings. The third-order valence-electron chi connectivity index (χ3n) is 7.37. The minimum atomic E-state index is -0.621. The lowest BCUT2D eigenvalue weighted by molar-refractivity contribution is -0.141. The molecule has 0 radical (unpaired) electrons. The number of carbonyl (C=O) groups excluding carboxylic acids is 2. The molecule has 3 aliphatic rings. The van der Waals surface area contributed by atoms with Gasteiger partial charge in [0.2, 0.25) is 12.5 Å². The van der Waals surface area contributed by atoms with Crippen LogP contribution in [-0.2, 0) is 9.53 Å². The number of methoxy groups -OCH3 is 2. The standard InChI is InChI=1S/C28H26N2O8/c1-34-21-8-14(9-22(35-2)26(21)31)23-16-10-19-20(38-13-37-19)11-17(16)25(18-12-36-27(32)24(18)23)30-28(33)29-15-6-4-3-5-7-15/h3-11,18,23-25,31H,12-13H2,1-2H3,(H2,29,30,33)/t18-,23+,24-,25+/m0/s1. The molecule has 2 heterocycles. The molecule has 0 saturated carbocycles. The van der Waals surface area contributed by atoms with Crippen LogP contribution in [0.15, 0.2) is 54.6 Å². The quantitative estimate of drug-likeness (QED) is 0.434. The van der Waals surface area contributed by atoms with Crippen molar-refractivity contribution in [1.29, 1.82) is 0 Å². The Hall–Kier alpha value is -4.60. The maximum absolute atomic E-state index is 13.2. The van der Waals surface area contributed by atoms with E-state index in [-0.39, 0.29) is 42.5 Å². The first kappa shape index (κ1) is 23.8. The van der Waals surface area contributed by atoms with Crippen LogP contribution in [0.25, 0.3) is 0 Å². The van der Waals surface area contributed by atoms with Crippen LogP contribution >= 0.6 is 0 Å². The van der Waals surface area contributed by atoms with Crippen molar-refractivity contribution in [3.05, 3.63) is 71.3 Å². The van der Waals surface area contributed by atoms with Crippen LogP contribution in [0.4, 0.5) is 10.5 Å². The van der Waals surface area contributed by atoms with Crippen molar-refractivity contribution in [1.82, 2.24) is 5.32 Å². The largest absolute Gasteiger partial charge is 0.502 e. The average molecular weight is 519 g/mol. The van der Waals surface area contributed by atoms with Crippen molar-refractivity contribution >= 4 is 17.7 Å². The van der Waals surface area contributed by atoms with Gasteiger partial charge in [0.15, 0.2) is 23.0 Å². The molecule has 38 heavy (non-hydrogen) atoms. The zero-order chi connectivity index (χ0) is 26.4. The molecule has 10 nitrogen and oxygen atoms in total. The number of nitrogens with one attached hydrogen (secondary N) is 2. The van der Waals surface area contributed by atoms with E-state index in [0.29, 0.717) is 22.7 Å². The fourth-order valence-corrected chi connectivity index (χ4v) is 5.67. The van der Waals surface area contributed by atoms with Crippen LogP contribution in [0.2, 0.25) is 0 Å². The van der Waals surface area contributed by atoms with Gasteiger partial charge < -0.3 is 39.4 Å². The number of esters is 1. The summed E-state index contributed by atoms with van der Waals surface area (Å²) in [5.74, 6) is -0.451. The van der Waals surface area contributed by atoms with Gasteiger partial charge in [0.05, 0.1) is 32.8 Å². The number of urea groups is 1. The van der Waals surface area contributed by atoms with E-state index < -0.39 is 23.9 Å². The summed E-state index contributed by atoms with van der Waals surface area (Å²) in [7, 11) is 2.90. The molecule has 1 saturated heterocycles. The SMILES string of the molecule is COc1cc([C@@H]2c3cc4c(cc3[C@@H](NC(=O)Nc3ccccc3)[C@H]3COC(=O)[C@H]23)OCO4)cc(OC)c1O. The number of hydrogen-bond donors (Lipinski definition) is 3. The predicted molar refractivity (Wildman–Crippen MR) is 135 cm³/mol. The summed E-state index contributed by atoms with van der Waals surface area (Å²) in [6.45, 7) is 0.210. The lowest BCUT2D eigenvalue weighted by Gasteiger charge is -2.39. The minimum absolute atomic E-state index is 0.0746. The Balaban J connectivity index is 1.47. The van der Waals surface area contributed by atoms with Gasteiger partial charge >= 0.3 is 12.0 Å². The zero-order valence-electron chi connectivity index (χ0n) is 20.7. The number of aromatic hydroxyl groups is 1. The second-order valence-electron chi connectivity index (χ2n) is 9.35. The molecule has 1 fully saturated rings. The fraction of sp³-hybridized carbons (Fsp3) is 0.286. The van der Waals surface area contributed by atoms with Gasteiger partial charge in [0, 0.05) is 17.5 Å². The van der Waals surface area contributed by atoms with Gasteiger partial charge in [-0.3, -0.25) is 4.79 Å². The second-order valence-corrected chi connectivity index (χ2v) is 9.35. The lowest BCUT2D eigenvalue weighted by Crippen LogP contribution is -2.44. The minimum Gasteiger partial charge on any atom is -0.502 e. The van der Waals surface area contributed by atoms with E-state index >= 15 is 0 Å². The summed E-state index contributed by atoms with van der Waals surface area (Å²) in [4.78, 5) is 26.3. The third kappa shape index (κ3) is 3.89. The molecule has 3 N–H and O–H groups in total. The molecule has 6 rings (SSSR count). The number of hydrogen-bond acceptors (Lipinski definition) is 8. The maximum atomic E-state index is 13.2. The highest BCUT2D eigenvalue weighted by Crippen LogP contribution is 2.55. The molecule has 3 aromatic carbocycles. The van der Waals surface area contributed by atoms with Crippen LogP contribution in [0, 0.1) is 11.8 Å². The molecular weight excluding hydrogens is 492 g/mol. The molecule has 0 aromatic heterocycles. The molecule has 10 heteroatoms. The Bertz CT molecular complexity index is 1380. The molecule has 1 aliphatic carbocycles. The molecular formula is C28H26N2O8. The molecule has 0 bridgehead atoms. The summed E-state index contributed by atoms with van der Waals surface area (Å²) in [5, 5.41) is 16.4. The first-order valence-corrected chi connectivity index (χ1v) is 12.2. The average Bonchev–Trinajstić information content (AvgIpc) is 3.55. The highest BCUT2D eigenvalue weighted by atomic mass is 16.7. The number of fused-ring (bicyclic) bond motifs is 3. The van der Waals surface area contributed by atoms with E-state index in [0.717, 1.165) is 11.1 Å². The Morgan fingerprint density at radius 2 is 1.61 bits per heavy atom. The third-order valence-corrected chi connectivity index (χ3v) is 7.37. The molecule has 4 atom stereocenters. The van der Waals surface area contributed by atoms with Gasteiger partial charge in [0.1, 0.15) is 0 Å². The zero-order valence-corrected chi connectivity index (χ0v) is 20.7. The van der Waals surface area contributed by atoms with E-state index in [1.807, 2.05) is 30.3 Å². The van der Waals surface area contributed by atoms with Gasteiger partial charge in [-0.1, -0.05) is 18.2 Å². The number of benzene rings is 3. The molecule has 196 valence electrons. The first-order chi connectivity index (χ1) is 18.5. The van der Waals surface area contributed by atoms with Gasteiger partial charge in [-0.15, -0.1) is 0 Å². The fourth-order valence-electron chi connectivity index (χ4n) is 5.67. The van der Waals surface area contributed by atoms with Crippen molar-refractivity contribution < 1.29 is 38.4 Å². The van der Waals surface area contributed by atoms with Gasteiger partial charge in [-0.2, -0.15) is 0 Å². The predicted octanol–water partition coefficient (Wildman–Crippen LogP) is 3.94. The van der Waals surface area contributed by atoms with E-state index in [1.54, 1.807) is 24.3 Å². The normalized spacial score (nSPS) is 22.6. The molecule has 0 unspecified atom stereocenters. The highest BCUT2D eigenvalue weighted by molar-refractivity contribution is 5.90. The van der Waals surface area contributed by atoms with Gasteiger partial charge in [-0.25, -0.2) is 4.79 Å². The lowest BCUT2D eigenvalue weighted by atomic mass is 9.65. The number of anilines is 1. The number of para-hydroxylation sites is 1. The van der Waals surface area contributed by atoms with E-state index in [4.69, 9.17) is 23.7 Å². The van der Waals surface area contributed by atoms with Crippen LogP contribution in [0.5, 0.6) is 28.7 Å². The number of ether oxygens (including phenoxy) is 5. The Morgan fingerprint density at radius 3 is 2.26 bits per heavy atom. The summed E-state index contributed by atoms with van der Waals surface area (Å²) in [5.41, 5.74) is 2.89. The van der Waals surface area contributed by atoms with Crippen molar-refractivity contribution in [2.24, 2.45) is 11.8 Å². The molecule has 0 spiro atoms. The summed E-state index contributed by atoms with van der Waals surface area (Å²) >= 11 is 0. The van der Waals surface area contributed by atoms with Crippen LogP contribution in [0.3, 0.4) is 0 Å².